The number of nitrogens with zero attached hydrogens (tertiary/aromatic N) is 1. The summed E-state index contributed by atoms with van der Waals surface area (Å²) in [6.07, 6.45) is -4.17. The standard InChI is InChI=1S/C17H19ClF3N3O3/c1-9-11-6-12(17(19,20)21)13(18)5-10(11)7-24(9)15(26)4-3-14(23-8-25)16(27)22-2/h5-6,8-9,14H,3-4,7H2,1-2H3,(H,22,27)(H,23,25). The summed E-state index contributed by atoms with van der Waals surface area (Å²) >= 11 is 5.75. The molecule has 2 rings (SSSR count). The number of nitrogens with one attached hydrogen (secondary N) is 2. The Morgan fingerprint density at radius 1 is 1.41 bits per heavy atom. The molecule has 0 spiro atoms. The number of carbonyl (C=O) groups excluding carboxylic acids is 3. The molecule has 2 atom stereocenters. The molecule has 1 aromatic carbocycles. The second-order valence-electron chi connectivity index (χ2n) is 6.22. The van der Waals surface area contributed by atoms with Gasteiger partial charge in [-0.3, -0.25) is 14.4 Å². The second kappa shape index (κ2) is 8.16. The summed E-state index contributed by atoms with van der Waals surface area (Å²) in [5, 5.41) is 4.31. The van der Waals surface area contributed by atoms with E-state index in [2.05, 4.69) is 10.6 Å². The van der Waals surface area contributed by atoms with E-state index in [-0.39, 0.29) is 25.3 Å². The first-order valence-corrected chi connectivity index (χ1v) is 8.58. The summed E-state index contributed by atoms with van der Waals surface area (Å²) in [7, 11) is 1.41. The zero-order chi connectivity index (χ0) is 20.4. The van der Waals surface area contributed by atoms with Gasteiger partial charge in [-0.1, -0.05) is 11.6 Å². The normalized spacial score (nSPS) is 17.3. The Labute approximate surface area is 159 Å². The Morgan fingerprint density at radius 2 is 2.07 bits per heavy atom. The molecule has 0 aliphatic carbocycles. The van der Waals surface area contributed by atoms with Crippen LogP contribution in [0.3, 0.4) is 0 Å². The van der Waals surface area contributed by atoms with Crippen molar-refractivity contribution in [2.45, 2.75) is 44.6 Å². The Morgan fingerprint density at radius 3 is 2.63 bits per heavy atom. The van der Waals surface area contributed by atoms with Crippen LogP contribution >= 0.6 is 11.6 Å². The van der Waals surface area contributed by atoms with E-state index in [1.807, 2.05) is 0 Å². The molecule has 2 N–H and O–H groups in total. The lowest BCUT2D eigenvalue weighted by atomic mass is 10.0. The van der Waals surface area contributed by atoms with Gasteiger partial charge in [-0.25, -0.2) is 0 Å². The third kappa shape index (κ3) is 4.52. The highest BCUT2D eigenvalue weighted by Gasteiger charge is 2.38. The zero-order valence-electron chi connectivity index (χ0n) is 14.7. The van der Waals surface area contributed by atoms with E-state index in [0.29, 0.717) is 17.5 Å². The molecule has 0 fully saturated rings. The molecular weight excluding hydrogens is 387 g/mol. The predicted molar refractivity (Wildman–Crippen MR) is 91.7 cm³/mol. The number of benzene rings is 1. The first-order valence-electron chi connectivity index (χ1n) is 8.20. The molecule has 3 amide bonds. The number of fused-ring (bicyclic) bond motifs is 1. The van der Waals surface area contributed by atoms with Crippen molar-refractivity contribution in [3.05, 3.63) is 33.8 Å². The fourth-order valence-corrected chi connectivity index (χ4v) is 3.42. The molecule has 1 aromatic rings. The van der Waals surface area contributed by atoms with Crippen molar-refractivity contribution >= 4 is 29.8 Å². The maximum absolute atomic E-state index is 13.1. The lowest BCUT2D eigenvalue weighted by Gasteiger charge is -2.23. The Kier molecular flexibility index (Phi) is 6.35. The first-order chi connectivity index (χ1) is 12.6. The van der Waals surface area contributed by atoms with Crippen LogP contribution in [0, 0.1) is 0 Å². The highest BCUT2D eigenvalue weighted by molar-refractivity contribution is 6.31. The van der Waals surface area contributed by atoms with Gasteiger partial charge in [-0.2, -0.15) is 13.2 Å². The Bertz CT molecular complexity index is 755. The van der Waals surface area contributed by atoms with Gasteiger partial charge in [0.15, 0.2) is 0 Å². The van der Waals surface area contributed by atoms with Crippen molar-refractivity contribution in [2.75, 3.05) is 7.05 Å². The van der Waals surface area contributed by atoms with Crippen LogP contribution in [0.15, 0.2) is 12.1 Å². The molecule has 10 heteroatoms. The summed E-state index contributed by atoms with van der Waals surface area (Å²) < 4.78 is 39.2. The second-order valence-corrected chi connectivity index (χ2v) is 6.62. The van der Waals surface area contributed by atoms with Crippen molar-refractivity contribution in [2.24, 2.45) is 0 Å². The van der Waals surface area contributed by atoms with Gasteiger partial charge >= 0.3 is 6.18 Å². The maximum atomic E-state index is 13.1. The van der Waals surface area contributed by atoms with Crippen LogP contribution in [0.25, 0.3) is 0 Å². The minimum Gasteiger partial charge on any atom is -0.357 e. The van der Waals surface area contributed by atoms with Crippen LogP contribution in [0.2, 0.25) is 5.02 Å². The molecule has 0 saturated heterocycles. The Hall–Kier alpha value is -2.29. The molecule has 148 valence electrons. The fourth-order valence-electron chi connectivity index (χ4n) is 3.12. The first kappa shape index (κ1) is 21.0. The predicted octanol–water partition coefficient (Wildman–Crippen LogP) is 2.40. The molecule has 0 aromatic heterocycles. The summed E-state index contributed by atoms with van der Waals surface area (Å²) in [6, 6.07) is 0.813. The van der Waals surface area contributed by atoms with Gasteiger partial charge in [0.2, 0.25) is 18.2 Å². The summed E-state index contributed by atoms with van der Waals surface area (Å²) in [5.41, 5.74) is 0.0237. The van der Waals surface area contributed by atoms with Crippen molar-refractivity contribution < 1.29 is 27.6 Å². The summed E-state index contributed by atoms with van der Waals surface area (Å²) in [4.78, 5) is 36.2. The van der Waals surface area contributed by atoms with Crippen molar-refractivity contribution in [1.82, 2.24) is 15.5 Å². The Balaban J connectivity index is 2.13. The molecule has 1 aliphatic heterocycles. The highest BCUT2D eigenvalue weighted by atomic mass is 35.5. The van der Waals surface area contributed by atoms with Crippen LogP contribution in [0.1, 0.15) is 42.5 Å². The molecular formula is C17H19ClF3N3O3. The van der Waals surface area contributed by atoms with Gasteiger partial charge in [-0.05, 0) is 36.6 Å². The summed E-state index contributed by atoms with van der Waals surface area (Å²) in [5.74, 6) is -0.765. The number of alkyl halides is 3. The van der Waals surface area contributed by atoms with E-state index in [4.69, 9.17) is 11.6 Å². The van der Waals surface area contributed by atoms with E-state index in [1.165, 1.54) is 18.0 Å². The molecule has 1 aliphatic rings. The molecule has 6 nitrogen and oxygen atoms in total. The average Bonchev–Trinajstić information content (AvgIpc) is 2.91. The van der Waals surface area contributed by atoms with E-state index in [0.717, 1.165) is 6.07 Å². The quantitative estimate of drug-likeness (QED) is 0.713. The monoisotopic (exact) mass is 405 g/mol. The van der Waals surface area contributed by atoms with Gasteiger partial charge in [0.25, 0.3) is 0 Å². The lowest BCUT2D eigenvalue weighted by molar-refractivity contribution is -0.137. The van der Waals surface area contributed by atoms with Crippen molar-refractivity contribution in [3.63, 3.8) is 0 Å². The van der Waals surface area contributed by atoms with Crippen LogP contribution in [-0.2, 0) is 27.1 Å². The number of hydrogen-bond donors (Lipinski definition) is 2. The fraction of sp³-hybridized carbons (Fsp3) is 0.471. The zero-order valence-corrected chi connectivity index (χ0v) is 15.4. The van der Waals surface area contributed by atoms with Crippen molar-refractivity contribution in [3.8, 4) is 0 Å². The number of hydrogen-bond acceptors (Lipinski definition) is 3. The number of rotatable bonds is 6. The van der Waals surface area contributed by atoms with E-state index in [1.54, 1.807) is 6.92 Å². The van der Waals surface area contributed by atoms with Crippen molar-refractivity contribution in [1.29, 1.82) is 0 Å². The van der Waals surface area contributed by atoms with Gasteiger partial charge in [0.05, 0.1) is 16.6 Å². The number of halogens is 4. The van der Waals surface area contributed by atoms with Crippen LogP contribution in [0.4, 0.5) is 13.2 Å². The minimum atomic E-state index is -4.58. The SMILES string of the molecule is CNC(=O)C(CCC(=O)N1Cc2cc(Cl)c(C(F)(F)F)cc2C1C)NC=O. The lowest BCUT2D eigenvalue weighted by Crippen LogP contribution is -2.43. The highest BCUT2D eigenvalue weighted by Crippen LogP contribution is 2.42. The number of carbonyl (C=O) groups is 3. The average molecular weight is 406 g/mol. The van der Waals surface area contributed by atoms with Gasteiger partial charge < -0.3 is 15.5 Å². The largest absolute Gasteiger partial charge is 0.417 e. The molecule has 27 heavy (non-hydrogen) atoms. The molecule has 2 unspecified atom stereocenters. The summed E-state index contributed by atoms with van der Waals surface area (Å²) in [6.45, 7) is 1.77. The van der Waals surface area contributed by atoms with E-state index in [9.17, 15) is 27.6 Å². The third-order valence-electron chi connectivity index (χ3n) is 4.59. The maximum Gasteiger partial charge on any atom is 0.417 e. The molecule has 1 heterocycles. The van der Waals surface area contributed by atoms with Gasteiger partial charge in [0, 0.05) is 20.0 Å². The molecule has 0 saturated carbocycles. The third-order valence-corrected chi connectivity index (χ3v) is 4.90. The van der Waals surface area contributed by atoms with Gasteiger partial charge in [0.1, 0.15) is 6.04 Å². The number of amides is 3. The smallest absolute Gasteiger partial charge is 0.357 e. The van der Waals surface area contributed by atoms with E-state index < -0.39 is 34.8 Å². The molecule has 0 radical (unpaired) electrons. The molecule has 0 bridgehead atoms. The van der Waals surface area contributed by atoms with Crippen LogP contribution in [0.5, 0.6) is 0 Å². The number of likely N-dealkylation sites (N-methyl/N-ethyl adjacent to an activating group) is 1. The van der Waals surface area contributed by atoms with Crippen LogP contribution in [-0.4, -0.2) is 36.2 Å². The minimum absolute atomic E-state index is 0.0445. The van der Waals surface area contributed by atoms with Crippen LogP contribution < -0.4 is 10.6 Å². The van der Waals surface area contributed by atoms with Gasteiger partial charge in [-0.15, -0.1) is 0 Å². The van der Waals surface area contributed by atoms with E-state index >= 15 is 0 Å². The topological polar surface area (TPSA) is 78.5 Å².